The van der Waals surface area contributed by atoms with Gasteiger partial charge in [-0.25, -0.2) is 0 Å². The lowest BCUT2D eigenvalue weighted by atomic mass is 9.88. The minimum absolute atomic E-state index is 0.174. The van der Waals surface area contributed by atoms with Crippen LogP contribution in [0.1, 0.15) is 46.0 Å². The van der Waals surface area contributed by atoms with E-state index in [2.05, 4.69) is 6.92 Å². The molecule has 0 N–H and O–H groups in total. The van der Waals surface area contributed by atoms with Crippen LogP contribution in [0, 0.1) is 5.92 Å². The van der Waals surface area contributed by atoms with E-state index in [4.69, 9.17) is 9.47 Å². The largest absolute Gasteiger partial charge is 0.466 e. The monoisotopic (exact) mass is 214 g/mol. The van der Waals surface area contributed by atoms with Gasteiger partial charge in [-0.2, -0.15) is 0 Å². The molecule has 0 aromatic heterocycles. The van der Waals surface area contributed by atoms with Crippen molar-refractivity contribution in [1.82, 2.24) is 0 Å². The smallest absolute Gasteiger partial charge is 0.302 e. The molecule has 0 aliphatic heterocycles. The van der Waals surface area contributed by atoms with Crippen molar-refractivity contribution in [1.29, 1.82) is 0 Å². The van der Waals surface area contributed by atoms with Crippen molar-refractivity contribution in [3.05, 3.63) is 0 Å². The highest BCUT2D eigenvalue weighted by Crippen LogP contribution is 2.26. The third kappa shape index (κ3) is 5.17. The summed E-state index contributed by atoms with van der Waals surface area (Å²) in [5.74, 6) is 0.330. The number of carbonyl (C=O) groups is 1. The molecule has 0 spiro atoms. The molecule has 0 unspecified atom stereocenters. The fraction of sp³-hybridized carbons (Fsp3) is 0.917. The van der Waals surface area contributed by atoms with E-state index in [9.17, 15) is 4.79 Å². The molecule has 2 atom stereocenters. The maximum absolute atomic E-state index is 10.7. The van der Waals surface area contributed by atoms with E-state index in [-0.39, 0.29) is 5.97 Å². The fourth-order valence-corrected chi connectivity index (χ4v) is 2.06. The summed E-state index contributed by atoms with van der Waals surface area (Å²) >= 11 is 0. The van der Waals surface area contributed by atoms with Crippen LogP contribution in [0.2, 0.25) is 0 Å². The van der Waals surface area contributed by atoms with Crippen molar-refractivity contribution >= 4 is 5.97 Å². The van der Waals surface area contributed by atoms with Gasteiger partial charge in [0.2, 0.25) is 0 Å². The summed E-state index contributed by atoms with van der Waals surface area (Å²) in [5, 5.41) is 0. The van der Waals surface area contributed by atoms with E-state index in [0.717, 1.165) is 25.9 Å². The summed E-state index contributed by atoms with van der Waals surface area (Å²) in [7, 11) is 0. The molecule has 1 fully saturated rings. The Kier molecular flexibility index (Phi) is 5.69. The SMILES string of the molecule is CCCO[C@H]1CCC[C@@H](COC(C)=O)C1. The van der Waals surface area contributed by atoms with Gasteiger partial charge in [0.1, 0.15) is 0 Å². The highest BCUT2D eigenvalue weighted by molar-refractivity contribution is 5.65. The van der Waals surface area contributed by atoms with Crippen molar-refractivity contribution in [3.8, 4) is 0 Å². The normalized spacial score (nSPS) is 26.3. The van der Waals surface area contributed by atoms with Crippen molar-refractivity contribution in [2.24, 2.45) is 5.92 Å². The first-order valence-electron chi connectivity index (χ1n) is 5.97. The maximum Gasteiger partial charge on any atom is 0.302 e. The van der Waals surface area contributed by atoms with Gasteiger partial charge >= 0.3 is 5.97 Å². The molecule has 1 aliphatic rings. The van der Waals surface area contributed by atoms with Crippen molar-refractivity contribution in [2.45, 2.75) is 52.1 Å². The number of carbonyl (C=O) groups excluding carboxylic acids is 1. The minimum atomic E-state index is -0.174. The molecule has 3 nitrogen and oxygen atoms in total. The Labute approximate surface area is 92.1 Å². The van der Waals surface area contributed by atoms with Crippen LogP contribution < -0.4 is 0 Å². The Morgan fingerprint density at radius 2 is 2.20 bits per heavy atom. The first kappa shape index (κ1) is 12.5. The summed E-state index contributed by atoms with van der Waals surface area (Å²) in [6, 6.07) is 0. The third-order valence-corrected chi connectivity index (χ3v) is 2.81. The van der Waals surface area contributed by atoms with Crippen molar-refractivity contribution < 1.29 is 14.3 Å². The predicted octanol–water partition coefficient (Wildman–Crippen LogP) is 2.53. The minimum Gasteiger partial charge on any atom is -0.466 e. The first-order chi connectivity index (χ1) is 7.22. The Bertz CT molecular complexity index is 191. The average molecular weight is 214 g/mol. The van der Waals surface area contributed by atoms with Crippen LogP contribution >= 0.6 is 0 Å². The number of hydrogen-bond donors (Lipinski definition) is 0. The van der Waals surface area contributed by atoms with Gasteiger partial charge < -0.3 is 9.47 Å². The molecule has 1 rings (SSSR count). The van der Waals surface area contributed by atoms with Gasteiger partial charge in [-0.15, -0.1) is 0 Å². The summed E-state index contributed by atoms with van der Waals surface area (Å²) in [6.07, 6.45) is 6.04. The zero-order valence-electron chi connectivity index (χ0n) is 9.83. The topological polar surface area (TPSA) is 35.5 Å². The second-order valence-electron chi connectivity index (χ2n) is 4.33. The third-order valence-electron chi connectivity index (χ3n) is 2.81. The first-order valence-corrected chi connectivity index (χ1v) is 5.97. The lowest BCUT2D eigenvalue weighted by Gasteiger charge is -2.28. The summed E-state index contributed by atoms with van der Waals surface area (Å²) < 4.78 is 10.8. The average Bonchev–Trinajstić information content (AvgIpc) is 2.24. The molecule has 0 aromatic carbocycles. The van der Waals surface area contributed by atoms with Crippen LogP contribution in [0.5, 0.6) is 0 Å². The van der Waals surface area contributed by atoms with Gasteiger partial charge in [-0.05, 0) is 31.6 Å². The summed E-state index contributed by atoms with van der Waals surface area (Å²) in [6.45, 7) is 5.01. The van der Waals surface area contributed by atoms with Gasteiger partial charge in [-0.1, -0.05) is 13.3 Å². The zero-order chi connectivity index (χ0) is 11.1. The van der Waals surface area contributed by atoms with Crippen molar-refractivity contribution in [2.75, 3.05) is 13.2 Å². The Morgan fingerprint density at radius 3 is 2.87 bits per heavy atom. The standard InChI is InChI=1S/C12H22O3/c1-3-7-14-12-6-4-5-11(8-12)9-15-10(2)13/h11-12H,3-9H2,1-2H3/t11-,12+/m1/s1. The van der Waals surface area contributed by atoms with E-state index < -0.39 is 0 Å². The van der Waals surface area contributed by atoms with Gasteiger partial charge in [-0.3, -0.25) is 4.79 Å². The van der Waals surface area contributed by atoms with E-state index >= 15 is 0 Å². The van der Waals surface area contributed by atoms with E-state index in [0.29, 0.717) is 18.6 Å². The molecular formula is C12H22O3. The quantitative estimate of drug-likeness (QED) is 0.660. The Balaban J connectivity index is 2.19. The van der Waals surface area contributed by atoms with Gasteiger partial charge in [0.25, 0.3) is 0 Å². The van der Waals surface area contributed by atoms with Crippen LogP contribution in [0.25, 0.3) is 0 Å². The van der Waals surface area contributed by atoms with Crippen LogP contribution in [-0.2, 0) is 14.3 Å². The summed E-state index contributed by atoms with van der Waals surface area (Å²) in [5.41, 5.74) is 0. The molecule has 88 valence electrons. The van der Waals surface area contributed by atoms with Crippen molar-refractivity contribution in [3.63, 3.8) is 0 Å². The zero-order valence-corrected chi connectivity index (χ0v) is 9.83. The molecule has 0 saturated heterocycles. The molecule has 0 radical (unpaired) electrons. The molecule has 0 heterocycles. The predicted molar refractivity (Wildman–Crippen MR) is 58.6 cm³/mol. The van der Waals surface area contributed by atoms with Crippen LogP contribution in [0.3, 0.4) is 0 Å². The summed E-state index contributed by atoms with van der Waals surface area (Å²) in [4.78, 5) is 10.7. The molecule has 3 heteroatoms. The second-order valence-corrected chi connectivity index (χ2v) is 4.33. The van der Waals surface area contributed by atoms with Gasteiger partial charge in [0, 0.05) is 13.5 Å². The van der Waals surface area contributed by atoms with E-state index in [1.54, 1.807) is 0 Å². The van der Waals surface area contributed by atoms with E-state index in [1.807, 2.05) is 0 Å². The van der Waals surface area contributed by atoms with Crippen LogP contribution in [0.4, 0.5) is 0 Å². The van der Waals surface area contributed by atoms with E-state index in [1.165, 1.54) is 19.8 Å². The van der Waals surface area contributed by atoms with Gasteiger partial charge in [0.15, 0.2) is 0 Å². The lowest BCUT2D eigenvalue weighted by molar-refractivity contribution is -0.143. The number of esters is 1. The Morgan fingerprint density at radius 1 is 1.40 bits per heavy atom. The molecule has 0 bridgehead atoms. The maximum atomic E-state index is 10.7. The highest BCUT2D eigenvalue weighted by atomic mass is 16.5. The van der Waals surface area contributed by atoms with Crippen LogP contribution in [-0.4, -0.2) is 25.3 Å². The number of ether oxygens (including phenoxy) is 2. The lowest BCUT2D eigenvalue weighted by Crippen LogP contribution is -2.26. The highest BCUT2D eigenvalue weighted by Gasteiger charge is 2.22. The molecule has 1 aliphatic carbocycles. The number of rotatable bonds is 5. The van der Waals surface area contributed by atoms with Crippen LogP contribution in [0.15, 0.2) is 0 Å². The number of hydrogen-bond acceptors (Lipinski definition) is 3. The molecule has 0 amide bonds. The molecule has 15 heavy (non-hydrogen) atoms. The fourth-order valence-electron chi connectivity index (χ4n) is 2.06. The Hall–Kier alpha value is -0.570. The molecular weight excluding hydrogens is 192 g/mol. The second kappa shape index (κ2) is 6.83. The van der Waals surface area contributed by atoms with Gasteiger partial charge in [0.05, 0.1) is 12.7 Å². The molecule has 0 aromatic rings. The molecule has 1 saturated carbocycles.